The Labute approximate surface area is 112 Å². The standard InChI is InChI=1S/C11H16.C5H11Cl/c1-2-3-5-8-11-9-6-4-7-10-11;1-2-3-4-5-6/h4,6-7,9-10H,2-3,5,8H2,1H3;2-5H2,1H3. The second-order valence-corrected chi connectivity index (χ2v) is 4.72. The van der Waals surface area contributed by atoms with Gasteiger partial charge in [-0.25, -0.2) is 0 Å². The van der Waals surface area contributed by atoms with Crippen molar-refractivity contribution in [1.82, 2.24) is 0 Å². The summed E-state index contributed by atoms with van der Waals surface area (Å²) >= 11 is 5.38. The van der Waals surface area contributed by atoms with Crippen LogP contribution < -0.4 is 0 Å². The van der Waals surface area contributed by atoms with Gasteiger partial charge in [0.15, 0.2) is 0 Å². The van der Waals surface area contributed by atoms with Crippen molar-refractivity contribution in [2.45, 2.75) is 58.8 Å². The molecule has 0 aliphatic rings. The van der Waals surface area contributed by atoms with Crippen LogP contribution in [0, 0.1) is 0 Å². The number of rotatable bonds is 7. The molecule has 0 radical (unpaired) electrons. The van der Waals surface area contributed by atoms with E-state index in [2.05, 4.69) is 44.2 Å². The Hall–Kier alpha value is -0.490. The van der Waals surface area contributed by atoms with Crippen LogP contribution in [0.2, 0.25) is 0 Å². The van der Waals surface area contributed by atoms with Crippen LogP contribution in [0.3, 0.4) is 0 Å². The van der Waals surface area contributed by atoms with Gasteiger partial charge in [0, 0.05) is 5.88 Å². The Bertz CT molecular complexity index is 227. The van der Waals surface area contributed by atoms with Crippen LogP contribution in [0.25, 0.3) is 0 Å². The maximum atomic E-state index is 5.38. The summed E-state index contributed by atoms with van der Waals surface area (Å²) in [4.78, 5) is 0. The van der Waals surface area contributed by atoms with Gasteiger partial charge in [0.25, 0.3) is 0 Å². The fraction of sp³-hybridized carbons (Fsp3) is 0.625. The minimum absolute atomic E-state index is 0.827. The normalized spacial score (nSPS) is 9.59. The molecule has 0 atom stereocenters. The number of halogens is 1. The highest BCUT2D eigenvalue weighted by Gasteiger charge is 1.89. The van der Waals surface area contributed by atoms with Gasteiger partial charge in [-0.05, 0) is 24.8 Å². The van der Waals surface area contributed by atoms with E-state index in [1.54, 1.807) is 0 Å². The lowest BCUT2D eigenvalue weighted by Gasteiger charge is -1.98. The first-order valence-electron chi connectivity index (χ1n) is 6.95. The molecule has 17 heavy (non-hydrogen) atoms. The molecule has 1 aromatic carbocycles. The number of alkyl halides is 1. The van der Waals surface area contributed by atoms with E-state index >= 15 is 0 Å². The minimum Gasteiger partial charge on any atom is -0.127 e. The number of unbranched alkanes of at least 4 members (excludes halogenated alkanes) is 4. The molecule has 0 aliphatic heterocycles. The third-order valence-electron chi connectivity index (χ3n) is 2.65. The molecule has 1 rings (SSSR count). The third kappa shape index (κ3) is 11.8. The molecule has 98 valence electrons. The van der Waals surface area contributed by atoms with Crippen molar-refractivity contribution in [3.8, 4) is 0 Å². The van der Waals surface area contributed by atoms with Crippen LogP contribution in [-0.2, 0) is 6.42 Å². The van der Waals surface area contributed by atoms with Gasteiger partial charge in [-0.15, -0.1) is 11.6 Å². The topological polar surface area (TPSA) is 0 Å². The predicted octanol–water partition coefficient (Wildman–Crippen LogP) is 5.83. The molecule has 0 saturated heterocycles. The molecule has 0 bridgehead atoms. The van der Waals surface area contributed by atoms with Crippen molar-refractivity contribution >= 4 is 11.6 Å². The zero-order valence-electron chi connectivity index (χ0n) is 11.4. The van der Waals surface area contributed by atoms with E-state index in [0.717, 1.165) is 5.88 Å². The van der Waals surface area contributed by atoms with Crippen molar-refractivity contribution in [1.29, 1.82) is 0 Å². The van der Waals surface area contributed by atoms with Crippen molar-refractivity contribution in [3.05, 3.63) is 35.9 Å². The molecule has 0 nitrogen and oxygen atoms in total. The van der Waals surface area contributed by atoms with Gasteiger partial charge < -0.3 is 0 Å². The van der Waals surface area contributed by atoms with E-state index in [4.69, 9.17) is 11.6 Å². The maximum absolute atomic E-state index is 5.38. The summed E-state index contributed by atoms with van der Waals surface area (Å²) in [7, 11) is 0. The highest BCUT2D eigenvalue weighted by atomic mass is 35.5. The molecule has 0 spiro atoms. The lowest BCUT2D eigenvalue weighted by molar-refractivity contribution is 0.717. The Balaban J connectivity index is 0.000000366. The summed E-state index contributed by atoms with van der Waals surface area (Å²) in [5.74, 6) is 0.827. The summed E-state index contributed by atoms with van der Waals surface area (Å²) in [5.41, 5.74) is 1.47. The first-order chi connectivity index (χ1) is 8.35. The van der Waals surface area contributed by atoms with Gasteiger partial charge in [-0.3, -0.25) is 0 Å². The predicted molar refractivity (Wildman–Crippen MR) is 79.9 cm³/mol. The van der Waals surface area contributed by atoms with Crippen molar-refractivity contribution in [3.63, 3.8) is 0 Å². The van der Waals surface area contributed by atoms with Gasteiger partial charge >= 0.3 is 0 Å². The highest BCUT2D eigenvalue weighted by molar-refractivity contribution is 6.17. The molecule has 1 aromatic rings. The molecule has 0 N–H and O–H groups in total. The van der Waals surface area contributed by atoms with Crippen LogP contribution in [0.15, 0.2) is 30.3 Å². The van der Waals surface area contributed by atoms with Crippen LogP contribution in [0.5, 0.6) is 0 Å². The van der Waals surface area contributed by atoms with E-state index in [1.165, 1.54) is 50.5 Å². The SMILES string of the molecule is CCCCCCl.CCCCCc1ccccc1. The largest absolute Gasteiger partial charge is 0.127 e. The fourth-order valence-corrected chi connectivity index (χ4v) is 1.76. The maximum Gasteiger partial charge on any atom is 0.0223 e. The summed E-state index contributed by atoms with van der Waals surface area (Å²) in [6.45, 7) is 4.41. The average Bonchev–Trinajstić information content (AvgIpc) is 2.39. The Morgan fingerprint density at radius 3 is 1.88 bits per heavy atom. The Morgan fingerprint density at radius 1 is 0.824 bits per heavy atom. The number of hydrogen-bond donors (Lipinski definition) is 0. The molecule has 1 heteroatoms. The van der Waals surface area contributed by atoms with Crippen molar-refractivity contribution in [2.24, 2.45) is 0 Å². The number of aryl methyl sites for hydroxylation is 1. The monoisotopic (exact) mass is 254 g/mol. The van der Waals surface area contributed by atoms with E-state index in [0.29, 0.717) is 0 Å². The summed E-state index contributed by atoms with van der Waals surface area (Å²) in [6, 6.07) is 10.7. The average molecular weight is 255 g/mol. The fourth-order valence-electron chi connectivity index (χ4n) is 1.57. The van der Waals surface area contributed by atoms with Crippen molar-refractivity contribution in [2.75, 3.05) is 5.88 Å². The molecule has 0 saturated carbocycles. The molecular formula is C16H27Cl. The third-order valence-corrected chi connectivity index (χ3v) is 2.92. The van der Waals surface area contributed by atoms with Crippen LogP contribution in [0.1, 0.15) is 57.9 Å². The number of hydrogen-bond acceptors (Lipinski definition) is 0. The van der Waals surface area contributed by atoms with Crippen molar-refractivity contribution < 1.29 is 0 Å². The van der Waals surface area contributed by atoms with Gasteiger partial charge in [0.2, 0.25) is 0 Å². The Morgan fingerprint density at radius 2 is 1.41 bits per heavy atom. The second-order valence-electron chi connectivity index (χ2n) is 4.34. The summed E-state index contributed by atoms with van der Waals surface area (Å²) in [5, 5.41) is 0. The second kappa shape index (κ2) is 13.6. The van der Waals surface area contributed by atoms with Gasteiger partial charge in [0.1, 0.15) is 0 Å². The van der Waals surface area contributed by atoms with Gasteiger partial charge in [-0.1, -0.05) is 69.9 Å². The van der Waals surface area contributed by atoms with Crippen LogP contribution >= 0.6 is 11.6 Å². The van der Waals surface area contributed by atoms with Gasteiger partial charge in [0.05, 0.1) is 0 Å². The lowest BCUT2D eigenvalue weighted by Crippen LogP contribution is -1.83. The molecule has 0 aliphatic carbocycles. The quantitative estimate of drug-likeness (QED) is 0.424. The molecular weight excluding hydrogens is 228 g/mol. The first kappa shape index (κ1) is 16.5. The van der Waals surface area contributed by atoms with E-state index < -0.39 is 0 Å². The zero-order chi connectivity index (χ0) is 12.8. The number of benzene rings is 1. The molecule has 0 unspecified atom stereocenters. The zero-order valence-corrected chi connectivity index (χ0v) is 12.2. The van der Waals surface area contributed by atoms with E-state index in [9.17, 15) is 0 Å². The Kier molecular flexibility index (Phi) is 13.2. The molecule has 0 fully saturated rings. The van der Waals surface area contributed by atoms with E-state index in [1.807, 2.05) is 0 Å². The lowest BCUT2D eigenvalue weighted by atomic mass is 10.1. The van der Waals surface area contributed by atoms with Gasteiger partial charge in [-0.2, -0.15) is 0 Å². The van der Waals surface area contributed by atoms with E-state index in [-0.39, 0.29) is 0 Å². The smallest absolute Gasteiger partial charge is 0.0223 e. The summed E-state index contributed by atoms with van der Waals surface area (Å²) in [6.07, 6.45) is 8.98. The van der Waals surface area contributed by atoms with Crippen LogP contribution in [0.4, 0.5) is 0 Å². The molecule has 0 heterocycles. The minimum atomic E-state index is 0.827. The van der Waals surface area contributed by atoms with Crippen LogP contribution in [-0.4, -0.2) is 5.88 Å². The summed E-state index contributed by atoms with van der Waals surface area (Å²) < 4.78 is 0. The highest BCUT2D eigenvalue weighted by Crippen LogP contribution is 2.05. The molecule has 0 aromatic heterocycles. The first-order valence-corrected chi connectivity index (χ1v) is 7.48. The molecule has 0 amide bonds.